The maximum Gasteiger partial charge on any atom is 0.416 e. The first kappa shape index (κ1) is 21.2. The maximum atomic E-state index is 12.8. The number of amides is 2. The Balaban J connectivity index is 2.06. The quantitative estimate of drug-likeness (QED) is 0.661. The number of likely N-dealkylation sites (tertiary alicyclic amines) is 1. The lowest BCUT2D eigenvalue weighted by Gasteiger charge is -2.31. The van der Waals surface area contributed by atoms with E-state index in [1.54, 1.807) is 0 Å². The Morgan fingerprint density at radius 3 is 2.74 bits per heavy atom. The molecule has 1 aliphatic heterocycles. The zero-order chi connectivity index (χ0) is 20.2. The van der Waals surface area contributed by atoms with Crippen LogP contribution in [0, 0.1) is 0 Å². The van der Waals surface area contributed by atoms with Crippen molar-refractivity contribution in [2.45, 2.75) is 50.6 Å². The molecule has 0 bridgehead atoms. The molecule has 0 radical (unpaired) electrons. The number of halogens is 3. The lowest BCUT2D eigenvalue weighted by Crippen LogP contribution is -2.51. The van der Waals surface area contributed by atoms with Gasteiger partial charge >= 0.3 is 6.18 Å². The summed E-state index contributed by atoms with van der Waals surface area (Å²) in [6, 6.07) is 2.63. The molecule has 3 atom stereocenters. The van der Waals surface area contributed by atoms with Crippen molar-refractivity contribution in [1.82, 2.24) is 10.2 Å². The Morgan fingerprint density at radius 2 is 2.15 bits per heavy atom. The van der Waals surface area contributed by atoms with Crippen LogP contribution in [-0.4, -0.2) is 53.1 Å². The van der Waals surface area contributed by atoms with Gasteiger partial charge in [0.25, 0.3) is 5.91 Å². The molecule has 9 heteroatoms. The molecule has 0 spiro atoms. The zero-order valence-corrected chi connectivity index (χ0v) is 15.0. The fraction of sp³-hybridized carbons (Fsp3) is 0.556. The minimum atomic E-state index is -4.56. The molecule has 1 aromatic carbocycles. The topological polar surface area (TPSA) is 95.7 Å². The highest BCUT2D eigenvalue weighted by molar-refractivity contribution is 5.98. The number of nitrogens with zero attached hydrogens (tertiary/aromatic N) is 1. The van der Waals surface area contributed by atoms with Crippen LogP contribution in [0.5, 0.6) is 0 Å². The molecule has 2 rings (SSSR count). The summed E-state index contributed by atoms with van der Waals surface area (Å²) in [6.45, 7) is 2.30. The number of alkyl halides is 3. The minimum absolute atomic E-state index is 0.0845. The van der Waals surface area contributed by atoms with Gasteiger partial charge in [-0.25, -0.2) is 0 Å². The highest BCUT2D eigenvalue weighted by Crippen LogP contribution is 2.29. The third-order valence-corrected chi connectivity index (χ3v) is 4.67. The van der Waals surface area contributed by atoms with Crippen LogP contribution in [0.15, 0.2) is 24.3 Å². The van der Waals surface area contributed by atoms with E-state index >= 15 is 0 Å². The van der Waals surface area contributed by atoms with Gasteiger partial charge in [0.05, 0.1) is 17.7 Å². The van der Waals surface area contributed by atoms with Crippen molar-refractivity contribution in [3.8, 4) is 0 Å². The first-order chi connectivity index (χ1) is 12.7. The van der Waals surface area contributed by atoms with Gasteiger partial charge in [-0.1, -0.05) is 19.4 Å². The minimum Gasteiger partial charge on any atom is -0.391 e. The molecule has 1 fully saturated rings. The van der Waals surface area contributed by atoms with Crippen LogP contribution in [0.25, 0.3) is 0 Å². The number of nitrogens with two attached hydrogens (primary N) is 1. The predicted molar refractivity (Wildman–Crippen MR) is 92.8 cm³/mol. The lowest BCUT2D eigenvalue weighted by atomic mass is 10.1. The molecule has 2 amide bonds. The van der Waals surface area contributed by atoms with Gasteiger partial charge in [-0.3, -0.25) is 9.59 Å². The fourth-order valence-corrected chi connectivity index (χ4v) is 3.22. The van der Waals surface area contributed by atoms with E-state index in [1.165, 1.54) is 11.0 Å². The van der Waals surface area contributed by atoms with Crippen LogP contribution in [0.2, 0.25) is 0 Å². The van der Waals surface area contributed by atoms with E-state index in [2.05, 4.69) is 5.32 Å². The van der Waals surface area contributed by atoms with E-state index in [9.17, 15) is 27.9 Å². The molecule has 0 saturated carbocycles. The largest absolute Gasteiger partial charge is 0.416 e. The highest BCUT2D eigenvalue weighted by Gasteiger charge is 2.39. The Morgan fingerprint density at radius 1 is 1.44 bits per heavy atom. The number of aliphatic hydroxyl groups is 1. The van der Waals surface area contributed by atoms with Crippen LogP contribution in [0.4, 0.5) is 13.2 Å². The third kappa shape index (κ3) is 4.98. The molecule has 4 N–H and O–H groups in total. The average Bonchev–Trinajstić information content (AvgIpc) is 2.96. The van der Waals surface area contributed by atoms with E-state index < -0.39 is 35.8 Å². The molecule has 150 valence electrons. The summed E-state index contributed by atoms with van der Waals surface area (Å²) in [6.07, 6.45) is -3.79. The van der Waals surface area contributed by atoms with Crippen molar-refractivity contribution in [3.63, 3.8) is 0 Å². The standard InChI is InChI=1S/C18H24F3N3O3/c1-2-4-15(25)14(10-22)24-8-7-13(17(24)27)23-16(26)11-5-3-6-12(9-11)18(19,20)21/h3,5-6,9,13-15,25H,2,4,7-8,10,22H2,1H3,(H,23,26)/t13?,14-,15-/m0/s1. The first-order valence-electron chi connectivity index (χ1n) is 8.85. The second-order valence-electron chi connectivity index (χ2n) is 6.58. The second-order valence-corrected chi connectivity index (χ2v) is 6.58. The molecule has 0 aromatic heterocycles. The smallest absolute Gasteiger partial charge is 0.391 e. The van der Waals surface area contributed by atoms with Crippen molar-refractivity contribution in [3.05, 3.63) is 35.4 Å². The molecule has 1 saturated heterocycles. The fourth-order valence-electron chi connectivity index (χ4n) is 3.22. The van der Waals surface area contributed by atoms with Gasteiger partial charge in [-0.2, -0.15) is 13.2 Å². The summed E-state index contributed by atoms with van der Waals surface area (Å²) in [4.78, 5) is 26.3. The monoisotopic (exact) mass is 387 g/mol. The molecule has 1 aliphatic rings. The van der Waals surface area contributed by atoms with Gasteiger partial charge in [0.1, 0.15) is 6.04 Å². The molecule has 6 nitrogen and oxygen atoms in total. The molecule has 1 heterocycles. The summed E-state index contributed by atoms with van der Waals surface area (Å²) in [5.74, 6) is -1.14. The SMILES string of the molecule is CCC[C@H](O)[C@H](CN)N1CCC(NC(=O)c2cccc(C(F)(F)F)c2)C1=O. The zero-order valence-electron chi connectivity index (χ0n) is 15.0. The number of carbonyl (C=O) groups excluding carboxylic acids is 2. The lowest BCUT2D eigenvalue weighted by molar-refractivity contribution is -0.137. The maximum absolute atomic E-state index is 12.8. The van der Waals surface area contributed by atoms with E-state index in [4.69, 9.17) is 5.73 Å². The predicted octanol–water partition coefficient (Wildman–Crippen LogP) is 1.52. The Labute approximate surface area is 155 Å². The Kier molecular flexibility index (Phi) is 6.83. The third-order valence-electron chi connectivity index (χ3n) is 4.67. The van der Waals surface area contributed by atoms with E-state index in [1.807, 2.05) is 6.92 Å². The summed E-state index contributed by atoms with van der Waals surface area (Å²) >= 11 is 0. The number of hydrogen-bond donors (Lipinski definition) is 3. The number of nitrogens with one attached hydrogen (secondary N) is 1. The van der Waals surface area contributed by atoms with Crippen molar-refractivity contribution in [2.75, 3.05) is 13.1 Å². The summed E-state index contributed by atoms with van der Waals surface area (Å²) in [7, 11) is 0. The molecule has 27 heavy (non-hydrogen) atoms. The number of benzene rings is 1. The Bertz CT molecular complexity index is 681. The van der Waals surface area contributed by atoms with Gasteiger partial charge < -0.3 is 21.1 Å². The number of aliphatic hydroxyl groups excluding tert-OH is 1. The number of rotatable bonds is 7. The van der Waals surface area contributed by atoms with Crippen molar-refractivity contribution < 1.29 is 27.9 Å². The van der Waals surface area contributed by atoms with Gasteiger partial charge in [0.2, 0.25) is 5.91 Å². The van der Waals surface area contributed by atoms with Gasteiger partial charge in [0, 0.05) is 18.7 Å². The van der Waals surface area contributed by atoms with Crippen molar-refractivity contribution >= 4 is 11.8 Å². The van der Waals surface area contributed by atoms with Crippen LogP contribution in [-0.2, 0) is 11.0 Å². The van der Waals surface area contributed by atoms with Crippen molar-refractivity contribution in [1.29, 1.82) is 0 Å². The summed E-state index contributed by atoms with van der Waals surface area (Å²) in [5, 5.41) is 12.7. The number of carbonyl (C=O) groups is 2. The Hall–Kier alpha value is -2.13. The van der Waals surface area contributed by atoms with Crippen LogP contribution in [0.1, 0.15) is 42.1 Å². The average molecular weight is 387 g/mol. The van der Waals surface area contributed by atoms with E-state index in [-0.39, 0.29) is 18.0 Å². The normalized spacial score (nSPS) is 19.9. The van der Waals surface area contributed by atoms with E-state index in [0.717, 1.165) is 24.6 Å². The first-order valence-corrected chi connectivity index (χ1v) is 8.85. The molecular weight excluding hydrogens is 363 g/mol. The van der Waals surface area contributed by atoms with Gasteiger partial charge in [-0.05, 0) is 31.0 Å². The highest BCUT2D eigenvalue weighted by atomic mass is 19.4. The van der Waals surface area contributed by atoms with Gasteiger partial charge in [0.15, 0.2) is 0 Å². The van der Waals surface area contributed by atoms with Gasteiger partial charge in [-0.15, -0.1) is 0 Å². The van der Waals surface area contributed by atoms with Crippen LogP contribution in [0.3, 0.4) is 0 Å². The second kappa shape index (κ2) is 8.71. The molecule has 0 aliphatic carbocycles. The molecule has 1 unspecified atom stereocenters. The molecule has 1 aromatic rings. The molecular formula is C18H24F3N3O3. The summed E-state index contributed by atoms with van der Waals surface area (Å²) in [5.41, 5.74) is 4.59. The summed E-state index contributed by atoms with van der Waals surface area (Å²) < 4.78 is 38.4. The van der Waals surface area contributed by atoms with Crippen LogP contribution >= 0.6 is 0 Å². The number of hydrogen-bond acceptors (Lipinski definition) is 4. The van der Waals surface area contributed by atoms with Crippen molar-refractivity contribution in [2.24, 2.45) is 5.73 Å². The van der Waals surface area contributed by atoms with Crippen LogP contribution < -0.4 is 11.1 Å². The van der Waals surface area contributed by atoms with E-state index in [0.29, 0.717) is 19.4 Å².